The standard InChI is InChI=1S/C32H38FN7O2/c1-32(42)12-7-24(8-13-32)40-27-6-3-21(20-10-15-39(16-11-20)23-4-5-23)17-26(27)36-31(40)37-30(41)25-9-14-34-29(28(25)33)22-18-35-38(2)19-22/h3,6,9,14,17-20,23-24,42H,4-5,7-8,10-13,15-16H2,1-2H3,(H,36,37,41)/t24-,32+. The largest absolute Gasteiger partial charge is 0.390 e. The quantitative estimate of drug-likeness (QED) is 0.320. The van der Waals surface area contributed by atoms with E-state index < -0.39 is 17.3 Å². The number of aliphatic hydroxyl groups is 1. The molecule has 1 aliphatic heterocycles. The van der Waals surface area contributed by atoms with Crippen LogP contribution < -0.4 is 5.32 Å². The van der Waals surface area contributed by atoms with Crippen molar-refractivity contribution in [3.8, 4) is 11.3 Å². The van der Waals surface area contributed by atoms with E-state index in [-0.39, 0.29) is 17.3 Å². The molecule has 3 fully saturated rings. The van der Waals surface area contributed by atoms with Crippen LogP contribution in [0.2, 0.25) is 0 Å². The molecule has 3 aliphatic rings. The van der Waals surface area contributed by atoms with E-state index in [1.54, 1.807) is 17.9 Å². The minimum absolute atomic E-state index is 0.0615. The second kappa shape index (κ2) is 10.6. The molecule has 1 amide bonds. The Balaban J connectivity index is 1.20. The monoisotopic (exact) mass is 571 g/mol. The van der Waals surface area contributed by atoms with Gasteiger partial charge in [-0.25, -0.2) is 9.37 Å². The Morgan fingerprint density at radius 2 is 1.83 bits per heavy atom. The van der Waals surface area contributed by atoms with Crippen molar-refractivity contribution in [3.63, 3.8) is 0 Å². The Labute approximate surface area is 244 Å². The predicted octanol–water partition coefficient (Wildman–Crippen LogP) is 5.43. The van der Waals surface area contributed by atoms with Gasteiger partial charge in [0.05, 0.1) is 28.4 Å². The van der Waals surface area contributed by atoms with Crippen LogP contribution in [-0.2, 0) is 7.05 Å². The summed E-state index contributed by atoms with van der Waals surface area (Å²) in [6, 6.07) is 8.77. The molecule has 9 nitrogen and oxygen atoms in total. The number of piperidine rings is 1. The number of amides is 1. The first-order chi connectivity index (χ1) is 20.3. The number of anilines is 1. The maximum Gasteiger partial charge on any atom is 0.261 e. The van der Waals surface area contributed by atoms with Crippen molar-refractivity contribution in [1.29, 1.82) is 0 Å². The van der Waals surface area contributed by atoms with Crippen LogP contribution in [0.25, 0.3) is 22.3 Å². The number of aryl methyl sites for hydroxylation is 1. The topological polar surface area (TPSA) is 101 Å². The van der Waals surface area contributed by atoms with Crippen LogP contribution in [0.4, 0.5) is 10.3 Å². The lowest BCUT2D eigenvalue weighted by atomic mass is 9.83. The van der Waals surface area contributed by atoms with Gasteiger partial charge in [0, 0.05) is 37.1 Å². The number of carbonyl (C=O) groups excluding carboxylic acids is 1. The van der Waals surface area contributed by atoms with E-state index in [1.807, 2.05) is 6.92 Å². The Bertz CT molecular complexity index is 1620. The number of rotatable bonds is 6. The lowest BCUT2D eigenvalue weighted by Gasteiger charge is -2.34. The fourth-order valence-corrected chi connectivity index (χ4v) is 6.88. The molecule has 2 saturated carbocycles. The van der Waals surface area contributed by atoms with E-state index >= 15 is 4.39 Å². The third-order valence-electron chi connectivity index (χ3n) is 9.51. The molecule has 0 spiro atoms. The van der Waals surface area contributed by atoms with Crippen LogP contribution in [-0.4, -0.2) is 65.0 Å². The number of benzene rings is 1. The minimum Gasteiger partial charge on any atom is -0.390 e. The van der Waals surface area contributed by atoms with Crippen LogP contribution in [0.3, 0.4) is 0 Å². The molecule has 1 saturated heterocycles. The summed E-state index contributed by atoms with van der Waals surface area (Å²) in [5, 5.41) is 17.6. The molecule has 4 heterocycles. The normalized spacial score (nSPS) is 23.9. The zero-order valence-corrected chi connectivity index (χ0v) is 24.3. The van der Waals surface area contributed by atoms with Gasteiger partial charge in [-0.3, -0.25) is 19.8 Å². The summed E-state index contributed by atoms with van der Waals surface area (Å²) in [6.45, 7) is 4.16. The molecule has 220 valence electrons. The summed E-state index contributed by atoms with van der Waals surface area (Å²) < 4.78 is 19.2. The van der Waals surface area contributed by atoms with Gasteiger partial charge < -0.3 is 14.6 Å². The van der Waals surface area contributed by atoms with Crippen LogP contribution in [0.5, 0.6) is 0 Å². The number of aromatic nitrogens is 5. The van der Waals surface area contributed by atoms with Gasteiger partial charge in [0.2, 0.25) is 5.95 Å². The molecule has 7 rings (SSSR count). The Hall–Kier alpha value is -3.63. The summed E-state index contributed by atoms with van der Waals surface area (Å²) in [6.07, 6.45) is 12.4. The molecule has 0 radical (unpaired) electrons. The third-order valence-corrected chi connectivity index (χ3v) is 9.51. The second-order valence-corrected chi connectivity index (χ2v) is 12.7. The lowest BCUT2D eigenvalue weighted by molar-refractivity contribution is 0.0106. The van der Waals surface area contributed by atoms with Gasteiger partial charge in [-0.05, 0) is 101 Å². The summed E-state index contributed by atoms with van der Waals surface area (Å²) in [5.41, 5.74) is 2.85. The summed E-state index contributed by atoms with van der Waals surface area (Å²) in [4.78, 5) is 25.3. The molecular weight excluding hydrogens is 533 g/mol. The predicted molar refractivity (Wildman–Crippen MR) is 159 cm³/mol. The second-order valence-electron chi connectivity index (χ2n) is 12.7. The average Bonchev–Trinajstić information content (AvgIpc) is 3.65. The van der Waals surface area contributed by atoms with Crippen molar-refractivity contribution in [2.24, 2.45) is 7.05 Å². The van der Waals surface area contributed by atoms with Gasteiger partial charge in [0.15, 0.2) is 5.82 Å². The van der Waals surface area contributed by atoms with Gasteiger partial charge in [0.25, 0.3) is 5.91 Å². The number of nitrogens with zero attached hydrogens (tertiary/aromatic N) is 6. The number of likely N-dealkylation sites (tertiary alicyclic amines) is 1. The van der Waals surface area contributed by atoms with E-state index in [9.17, 15) is 9.90 Å². The highest BCUT2D eigenvalue weighted by Gasteiger charge is 2.34. The van der Waals surface area contributed by atoms with Crippen LogP contribution in [0.15, 0.2) is 42.9 Å². The molecule has 0 unspecified atom stereocenters. The summed E-state index contributed by atoms with van der Waals surface area (Å²) >= 11 is 0. The molecule has 0 atom stereocenters. The first-order valence-electron chi connectivity index (χ1n) is 15.2. The number of nitrogens with one attached hydrogen (secondary N) is 1. The number of hydrogen-bond acceptors (Lipinski definition) is 6. The maximum atomic E-state index is 15.6. The highest BCUT2D eigenvalue weighted by atomic mass is 19.1. The number of fused-ring (bicyclic) bond motifs is 1. The van der Waals surface area contributed by atoms with Gasteiger partial charge in [-0.15, -0.1) is 0 Å². The summed E-state index contributed by atoms with van der Waals surface area (Å²) in [5.74, 6) is -0.373. The van der Waals surface area contributed by atoms with Gasteiger partial charge in [-0.2, -0.15) is 5.10 Å². The Morgan fingerprint density at radius 3 is 2.52 bits per heavy atom. The minimum atomic E-state index is -0.695. The first-order valence-corrected chi connectivity index (χ1v) is 15.2. The number of halogens is 1. The van der Waals surface area contributed by atoms with Crippen LogP contribution >= 0.6 is 0 Å². The smallest absolute Gasteiger partial charge is 0.261 e. The fraction of sp³-hybridized carbons (Fsp3) is 0.500. The molecule has 2 aliphatic carbocycles. The molecule has 1 aromatic carbocycles. The first kappa shape index (κ1) is 27.2. The van der Waals surface area contributed by atoms with E-state index in [1.165, 1.54) is 36.9 Å². The van der Waals surface area contributed by atoms with Crippen molar-refractivity contribution in [2.75, 3.05) is 18.4 Å². The van der Waals surface area contributed by atoms with Crippen LogP contribution in [0.1, 0.15) is 86.2 Å². The van der Waals surface area contributed by atoms with Crippen molar-refractivity contribution in [3.05, 3.63) is 59.8 Å². The van der Waals surface area contributed by atoms with Crippen molar-refractivity contribution < 1.29 is 14.3 Å². The van der Waals surface area contributed by atoms with Gasteiger partial charge >= 0.3 is 0 Å². The zero-order chi connectivity index (χ0) is 29.0. The lowest BCUT2D eigenvalue weighted by Crippen LogP contribution is -2.34. The number of imidazole rings is 1. The molecule has 0 bridgehead atoms. The van der Waals surface area contributed by atoms with E-state index in [4.69, 9.17) is 4.98 Å². The van der Waals surface area contributed by atoms with E-state index in [0.717, 1.165) is 55.8 Å². The van der Waals surface area contributed by atoms with Crippen molar-refractivity contribution in [2.45, 2.75) is 81.9 Å². The number of carbonyl (C=O) groups is 1. The highest BCUT2D eigenvalue weighted by Crippen LogP contribution is 2.40. The SMILES string of the molecule is Cn1cc(-c2nccc(C(=O)Nc3nc4cc(C5CCN(C6CC6)CC5)ccc4n3[C@H]3CC[C@@](C)(O)CC3)c2F)cn1. The average molecular weight is 572 g/mol. The Kier molecular flexibility index (Phi) is 6.85. The molecule has 3 aromatic heterocycles. The maximum absolute atomic E-state index is 15.6. The van der Waals surface area contributed by atoms with Gasteiger partial charge in [-0.1, -0.05) is 6.07 Å². The summed E-state index contributed by atoms with van der Waals surface area (Å²) in [7, 11) is 1.75. The number of hydrogen-bond donors (Lipinski definition) is 2. The molecular formula is C32H38FN7O2. The molecule has 42 heavy (non-hydrogen) atoms. The molecule has 2 N–H and O–H groups in total. The van der Waals surface area contributed by atoms with E-state index in [2.05, 4.69) is 43.1 Å². The molecule has 4 aromatic rings. The zero-order valence-electron chi connectivity index (χ0n) is 24.3. The fourth-order valence-electron chi connectivity index (χ4n) is 6.88. The van der Waals surface area contributed by atoms with Crippen molar-refractivity contribution in [1.82, 2.24) is 29.2 Å². The van der Waals surface area contributed by atoms with Gasteiger partial charge in [0.1, 0.15) is 5.69 Å². The van der Waals surface area contributed by atoms with E-state index in [0.29, 0.717) is 30.3 Å². The Morgan fingerprint density at radius 1 is 1.07 bits per heavy atom. The van der Waals surface area contributed by atoms with Crippen molar-refractivity contribution >= 4 is 22.9 Å². The molecule has 10 heteroatoms. The third kappa shape index (κ3) is 5.22. The highest BCUT2D eigenvalue weighted by molar-refractivity contribution is 6.05. The number of pyridine rings is 1. The van der Waals surface area contributed by atoms with Crippen LogP contribution in [0, 0.1) is 5.82 Å².